The molecule has 0 bridgehead atoms. The molecule has 2 N–H and O–H groups in total. The summed E-state index contributed by atoms with van der Waals surface area (Å²) < 4.78 is 6.43. The van der Waals surface area contributed by atoms with Crippen LogP contribution in [0.3, 0.4) is 0 Å². The van der Waals surface area contributed by atoms with E-state index in [2.05, 4.69) is 19.9 Å². The highest BCUT2D eigenvalue weighted by Crippen LogP contribution is 2.61. The number of aromatic hydroxyl groups is 1. The van der Waals surface area contributed by atoms with Gasteiger partial charge in [0.1, 0.15) is 5.75 Å². The van der Waals surface area contributed by atoms with Crippen molar-refractivity contribution in [1.29, 1.82) is 0 Å². The zero-order valence-electron chi connectivity index (χ0n) is 15.6. The fourth-order valence-electron chi connectivity index (χ4n) is 6.13. The third-order valence-electron chi connectivity index (χ3n) is 7.44. The molecule has 0 spiro atoms. The lowest BCUT2D eigenvalue weighted by molar-refractivity contribution is -0.105. The number of phenols is 1. The first-order valence-electron chi connectivity index (χ1n) is 10.2. The van der Waals surface area contributed by atoms with Gasteiger partial charge in [-0.1, -0.05) is 26.3 Å². The lowest BCUT2D eigenvalue weighted by Gasteiger charge is -2.53. The minimum Gasteiger partial charge on any atom is -0.508 e. The van der Waals surface area contributed by atoms with Crippen LogP contribution in [0.4, 0.5) is 0 Å². The van der Waals surface area contributed by atoms with E-state index < -0.39 is 0 Å². The van der Waals surface area contributed by atoms with Crippen LogP contribution in [0.25, 0.3) is 0 Å². The molecular weight excluding hydrogens is 312 g/mol. The summed E-state index contributed by atoms with van der Waals surface area (Å²) in [5, 5.41) is 20.6. The zero-order chi connectivity index (χ0) is 17.6. The molecule has 0 radical (unpaired) electrons. The summed E-state index contributed by atoms with van der Waals surface area (Å²) in [4.78, 5) is 0. The third kappa shape index (κ3) is 2.80. The van der Waals surface area contributed by atoms with Crippen molar-refractivity contribution in [1.82, 2.24) is 0 Å². The number of aliphatic hydroxyl groups is 1. The monoisotopic (exact) mass is 344 g/mol. The molecule has 138 valence electrons. The van der Waals surface area contributed by atoms with Crippen LogP contribution >= 0.6 is 0 Å². The van der Waals surface area contributed by atoms with Crippen LogP contribution in [-0.2, 0) is 11.2 Å². The van der Waals surface area contributed by atoms with Gasteiger partial charge >= 0.3 is 0 Å². The highest BCUT2D eigenvalue weighted by atomic mass is 16.5. The van der Waals surface area contributed by atoms with Gasteiger partial charge in [0.2, 0.25) is 0 Å². The van der Waals surface area contributed by atoms with Crippen LogP contribution in [0.15, 0.2) is 18.2 Å². The van der Waals surface area contributed by atoms with Gasteiger partial charge in [0.25, 0.3) is 0 Å². The van der Waals surface area contributed by atoms with Crippen molar-refractivity contribution < 1.29 is 14.9 Å². The molecule has 3 aliphatic carbocycles. The van der Waals surface area contributed by atoms with Crippen LogP contribution in [0.2, 0.25) is 0 Å². The number of benzene rings is 1. The van der Waals surface area contributed by atoms with E-state index in [9.17, 15) is 10.2 Å². The summed E-state index contributed by atoms with van der Waals surface area (Å²) >= 11 is 0. The smallest absolute Gasteiger partial charge is 0.115 e. The second-order valence-electron chi connectivity index (χ2n) is 8.78. The van der Waals surface area contributed by atoms with E-state index in [-0.39, 0.29) is 17.6 Å². The van der Waals surface area contributed by atoms with Gasteiger partial charge in [-0.25, -0.2) is 0 Å². The highest BCUT2D eigenvalue weighted by molar-refractivity contribution is 5.41. The molecular formula is C22H32O3. The molecule has 1 unspecified atom stereocenters. The second-order valence-corrected chi connectivity index (χ2v) is 8.78. The fourth-order valence-corrected chi connectivity index (χ4v) is 6.13. The zero-order valence-corrected chi connectivity index (χ0v) is 15.6. The maximum atomic E-state index is 10.7. The number of aliphatic hydroxyl groups excluding tert-OH is 1. The molecule has 3 nitrogen and oxygen atoms in total. The van der Waals surface area contributed by atoms with Gasteiger partial charge in [0, 0.05) is 12.5 Å². The lowest BCUT2D eigenvalue weighted by Crippen LogP contribution is -2.50. The Morgan fingerprint density at radius 3 is 2.88 bits per heavy atom. The van der Waals surface area contributed by atoms with E-state index in [1.807, 2.05) is 12.1 Å². The first kappa shape index (κ1) is 17.4. The molecule has 1 aromatic rings. The van der Waals surface area contributed by atoms with Gasteiger partial charge in [-0.3, -0.25) is 0 Å². The summed E-state index contributed by atoms with van der Waals surface area (Å²) in [7, 11) is 0. The number of rotatable bonds is 4. The van der Waals surface area contributed by atoms with E-state index in [0.717, 1.165) is 51.6 Å². The van der Waals surface area contributed by atoms with E-state index in [4.69, 9.17) is 4.74 Å². The van der Waals surface area contributed by atoms with Crippen LogP contribution in [0.1, 0.15) is 69.4 Å². The SMILES string of the molecule is CCCCO[C@H]1C[C@]2(C)C(O)CC[C@H]2[C@@H]2CCc3cc(O)ccc3[C@H]21. The molecule has 3 aliphatic rings. The summed E-state index contributed by atoms with van der Waals surface area (Å²) in [5.41, 5.74) is 2.69. The van der Waals surface area contributed by atoms with E-state index in [0.29, 0.717) is 23.5 Å². The normalized spacial score (nSPS) is 39.6. The molecule has 4 rings (SSSR count). The Labute approximate surface area is 151 Å². The van der Waals surface area contributed by atoms with E-state index >= 15 is 0 Å². The molecule has 0 aromatic heterocycles. The standard InChI is InChI=1S/C22H32O3/c1-3-4-11-25-19-13-22(2)18(9-10-20(22)24)17-7-5-14-12-15(23)6-8-16(14)21(17)19/h6,8,12,17-21,23-24H,3-5,7,9-11,13H2,1-2H3/t17-,18-,19-,20?,21+,22-/m0/s1. The van der Waals surface area contributed by atoms with Crippen molar-refractivity contribution in [2.75, 3.05) is 6.61 Å². The molecule has 2 fully saturated rings. The molecule has 0 saturated heterocycles. The first-order chi connectivity index (χ1) is 12.0. The predicted octanol–water partition coefficient (Wildman–Crippen LogP) is 4.40. The molecule has 25 heavy (non-hydrogen) atoms. The lowest BCUT2D eigenvalue weighted by atomic mass is 9.54. The van der Waals surface area contributed by atoms with Gasteiger partial charge < -0.3 is 14.9 Å². The molecule has 3 heteroatoms. The average molecular weight is 344 g/mol. The Hall–Kier alpha value is -1.06. The molecule has 0 aliphatic heterocycles. The molecule has 0 heterocycles. The fraction of sp³-hybridized carbons (Fsp3) is 0.727. The maximum absolute atomic E-state index is 10.7. The number of ether oxygens (including phenoxy) is 1. The first-order valence-corrected chi connectivity index (χ1v) is 10.2. The quantitative estimate of drug-likeness (QED) is 0.796. The largest absolute Gasteiger partial charge is 0.508 e. The Balaban J connectivity index is 1.70. The van der Waals surface area contributed by atoms with E-state index in [1.165, 1.54) is 11.1 Å². The minimum atomic E-state index is -0.183. The van der Waals surface area contributed by atoms with Crippen LogP contribution in [0.5, 0.6) is 5.75 Å². The topological polar surface area (TPSA) is 49.7 Å². The highest BCUT2D eigenvalue weighted by Gasteiger charge is 2.57. The summed E-state index contributed by atoms with van der Waals surface area (Å²) in [6.07, 6.45) is 7.49. The Kier molecular flexibility index (Phi) is 4.57. The van der Waals surface area contributed by atoms with Gasteiger partial charge in [-0.2, -0.15) is 0 Å². The van der Waals surface area contributed by atoms with Crippen LogP contribution in [0, 0.1) is 17.3 Å². The number of phenolic OH excluding ortho intramolecular Hbond substituents is 1. The van der Waals surface area contributed by atoms with Crippen molar-refractivity contribution in [2.45, 2.75) is 76.9 Å². The number of aryl methyl sites for hydroxylation is 1. The Morgan fingerprint density at radius 2 is 2.08 bits per heavy atom. The number of hydrogen-bond acceptors (Lipinski definition) is 3. The van der Waals surface area contributed by atoms with E-state index in [1.54, 1.807) is 0 Å². The number of unbranched alkanes of at least 4 members (excludes halogenated alkanes) is 1. The van der Waals surface area contributed by atoms with Gasteiger partial charge in [0.15, 0.2) is 0 Å². The third-order valence-corrected chi connectivity index (χ3v) is 7.44. The van der Waals surface area contributed by atoms with Gasteiger partial charge in [-0.15, -0.1) is 0 Å². The van der Waals surface area contributed by atoms with Crippen molar-refractivity contribution in [3.8, 4) is 5.75 Å². The van der Waals surface area contributed by atoms with Crippen LogP contribution < -0.4 is 0 Å². The Morgan fingerprint density at radius 1 is 1.24 bits per heavy atom. The molecule has 2 saturated carbocycles. The van der Waals surface area contributed by atoms with Crippen LogP contribution in [-0.4, -0.2) is 29.0 Å². The Bertz CT molecular complexity index is 628. The maximum Gasteiger partial charge on any atom is 0.115 e. The second kappa shape index (κ2) is 6.59. The van der Waals surface area contributed by atoms with Gasteiger partial charge in [0.05, 0.1) is 12.2 Å². The molecule has 1 aromatic carbocycles. The van der Waals surface area contributed by atoms with Crippen molar-refractivity contribution in [2.24, 2.45) is 17.3 Å². The van der Waals surface area contributed by atoms with Crippen molar-refractivity contribution >= 4 is 0 Å². The van der Waals surface area contributed by atoms with Gasteiger partial charge in [-0.05, 0) is 79.0 Å². The molecule has 6 atom stereocenters. The number of fused-ring (bicyclic) bond motifs is 5. The minimum absolute atomic E-state index is 0.00642. The predicted molar refractivity (Wildman–Crippen MR) is 98.8 cm³/mol. The summed E-state index contributed by atoms with van der Waals surface area (Å²) in [6.45, 7) is 5.31. The average Bonchev–Trinajstić information content (AvgIpc) is 2.89. The summed E-state index contributed by atoms with van der Waals surface area (Å²) in [5.74, 6) is 1.99. The molecule has 0 amide bonds. The summed E-state index contributed by atoms with van der Waals surface area (Å²) in [6, 6.07) is 5.92. The number of hydrogen-bond donors (Lipinski definition) is 2. The van der Waals surface area contributed by atoms with Crippen molar-refractivity contribution in [3.63, 3.8) is 0 Å². The van der Waals surface area contributed by atoms with Crippen molar-refractivity contribution in [3.05, 3.63) is 29.3 Å².